The summed E-state index contributed by atoms with van der Waals surface area (Å²) in [5, 5.41) is 19.4. The number of carboxylic acid groups (broad SMARTS) is 1. The molecule has 0 saturated carbocycles. The molecule has 1 heterocycles. The highest BCUT2D eigenvalue weighted by Gasteiger charge is 2.17. The van der Waals surface area contributed by atoms with Gasteiger partial charge in [0.15, 0.2) is 0 Å². The molecule has 2 aromatic rings. The fourth-order valence-corrected chi connectivity index (χ4v) is 2.33. The van der Waals surface area contributed by atoms with E-state index in [-0.39, 0.29) is 6.54 Å². The third-order valence-corrected chi connectivity index (χ3v) is 3.85. The molecule has 1 aromatic carbocycles. The molecular formula is C16H17BrN2O3. The number of carbonyl (C=O) groups is 1. The summed E-state index contributed by atoms with van der Waals surface area (Å²) in [5.41, 5.74) is 1.66. The van der Waals surface area contributed by atoms with E-state index < -0.39 is 12.2 Å². The van der Waals surface area contributed by atoms with Gasteiger partial charge in [-0.2, -0.15) is 0 Å². The number of aromatic nitrogens is 1. The zero-order valence-corrected chi connectivity index (χ0v) is 13.5. The Balaban J connectivity index is 1.95. The average Bonchev–Trinajstić information content (AvgIpc) is 2.53. The first-order valence-electron chi connectivity index (χ1n) is 6.86. The molecule has 1 amide bonds. The number of halogens is 1. The zero-order valence-electron chi connectivity index (χ0n) is 11.9. The van der Waals surface area contributed by atoms with Gasteiger partial charge < -0.3 is 15.1 Å². The number of benzene rings is 1. The van der Waals surface area contributed by atoms with E-state index in [1.807, 2.05) is 24.3 Å². The predicted molar refractivity (Wildman–Crippen MR) is 86.6 cm³/mol. The van der Waals surface area contributed by atoms with E-state index in [2.05, 4.69) is 20.9 Å². The molecule has 0 aliphatic heterocycles. The number of aliphatic hydroxyl groups excluding tert-OH is 1. The zero-order chi connectivity index (χ0) is 15.9. The molecule has 0 aliphatic carbocycles. The van der Waals surface area contributed by atoms with Gasteiger partial charge >= 0.3 is 6.09 Å². The quantitative estimate of drug-likeness (QED) is 0.825. The van der Waals surface area contributed by atoms with Crippen LogP contribution in [-0.4, -0.2) is 39.3 Å². The highest BCUT2D eigenvalue weighted by molar-refractivity contribution is 9.10. The molecular weight excluding hydrogens is 348 g/mol. The minimum absolute atomic E-state index is 0.0254. The first kappa shape index (κ1) is 16.5. The standard InChI is InChI=1S/C16H17BrN2O3/c17-14-5-3-12(4-6-14)7-9-19(16(21)22)11-15(20)13-2-1-8-18-10-13/h1-6,8,10,15,20H,7,9,11H2,(H,21,22)/t15-/m1/s1. The van der Waals surface area contributed by atoms with E-state index in [9.17, 15) is 15.0 Å². The summed E-state index contributed by atoms with van der Waals surface area (Å²) in [7, 11) is 0. The highest BCUT2D eigenvalue weighted by atomic mass is 79.9. The van der Waals surface area contributed by atoms with Gasteiger partial charge in [0.05, 0.1) is 12.6 Å². The lowest BCUT2D eigenvalue weighted by molar-refractivity contribution is 0.0971. The summed E-state index contributed by atoms with van der Waals surface area (Å²) in [6, 6.07) is 11.2. The SMILES string of the molecule is O=C(O)N(CCc1ccc(Br)cc1)C[C@@H](O)c1cccnc1. The Hall–Kier alpha value is -1.92. The van der Waals surface area contributed by atoms with Crippen LogP contribution in [0.25, 0.3) is 0 Å². The van der Waals surface area contributed by atoms with Crippen LogP contribution in [-0.2, 0) is 6.42 Å². The van der Waals surface area contributed by atoms with Crippen LogP contribution in [0, 0.1) is 0 Å². The second kappa shape index (κ2) is 7.91. The Bertz CT molecular complexity index is 605. The van der Waals surface area contributed by atoms with Crippen LogP contribution in [0.3, 0.4) is 0 Å². The lowest BCUT2D eigenvalue weighted by Crippen LogP contribution is -2.35. The van der Waals surface area contributed by atoms with Crippen molar-refractivity contribution < 1.29 is 15.0 Å². The smallest absolute Gasteiger partial charge is 0.407 e. The Labute approximate surface area is 137 Å². The van der Waals surface area contributed by atoms with Crippen molar-refractivity contribution >= 4 is 22.0 Å². The lowest BCUT2D eigenvalue weighted by atomic mass is 10.1. The molecule has 1 atom stereocenters. The average molecular weight is 365 g/mol. The van der Waals surface area contributed by atoms with E-state index >= 15 is 0 Å². The van der Waals surface area contributed by atoms with Crippen LogP contribution >= 0.6 is 15.9 Å². The largest absolute Gasteiger partial charge is 0.465 e. The van der Waals surface area contributed by atoms with Gasteiger partial charge in [-0.3, -0.25) is 4.98 Å². The van der Waals surface area contributed by atoms with Crippen LogP contribution in [0.5, 0.6) is 0 Å². The molecule has 0 radical (unpaired) electrons. The van der Waals surface area contributed by atoms with Gasteiger partial charge in [0.2, 0.25) is 0 Å². The van der Waals surface area contributed by atoms with Gasteiger partial charge in [-0.25, -0.2) is 4.79 Å². The summed E-state index contributed by atoms with van der Waals surface area (Å²) in [6.45, 7) is 0.353. The lowest BCUT2D eigenvalue weighted by Gasteiger charge is -2.22. The van der Waals surface area contributed by atoms with E-state index in [0.717, 1.165) is 10.0 Å². The summed E-state index contributed by atoms with van der Waals surface area (Å²) in [6.07, 6.45) is 1.83. The van der Waals surface area contributed by atoms with Gasteiger partial charge in [0.1, 0.15) is 0 Å². The second-order valence-electron chi connectivity index (χ2n) is 4.91. The number of hydrogen-bond donors (Lipinski definition) is 2. The van der Waals surface area contributed by atoms with E-state index in [1.54, 1.807) is 24.5 Å². The van der Waals surface area contributed by atoms with Crippen molar-refractivity contribution in [1.29, 1.82) is 0 Å². The van der Waals surface area contributed by atoms with E-state index in [4.69, 9.17) is 0 Å². The molecule has 1 aromatic heterocycles. The summed E-state index contributed by atoms with van der Waals surface area (Å²) < 4.78 is 0.985. The van der Waals surface area contributed by atoms with Gasteiger partial charge in [0.25, 0.3) is 0 Å². The molecule has 0 fully saturated rings. The third-order valence-electron chi connectivity index (χ3n) is 3.32. The van der Waals surface area contributed by atoms with Gasteiger partial charge in [-0.15, -0.1) is 0 Å². The molecule has 2 N–H and O–H groups in total. The minimum Gasteiger partial charge on any atom is -0.465 e. The van der Waals surface area contributed by atoms with Crippen molar-refractivity contribution in [2.45, 2.75) is 12.5 Å². The fraction of sp³-hybridized carbons (Fsp3) is 0.250. The van der Waals surface area contributed by atoms with Gasteiger partial charge in [-0.05, 0) is 30.2 Å². The van der Waals surface area contributed by atoms with Gasteiger partial charge in [0, 0.05) is 29.0 Å². The molecule has 0 bridgehead atoms. The molecule has 116 valence electrons. The van der Waals surface area contributed by atoms with Crippen LogP contribution in [0.1, 0.15) is 17.2 Å². The second-order valence-corrected chi connectivity index (χ2v) is 5.82. The fourth-order valence-electron chi connectivity index (χ4n) is 2.07. The number of amides is 1. The number of aliphatic hydroxyl groups is 1. The van der Waals surface area contributed by atoms with Gasteiger partial charge in [-0.1, -0.05) is 34.1 Å². The molecule has 0 spiro atoms. The maximum atomic E-state index is 11.3. The number of hydrogen-bond acceptors (Lipinski definition) is 3. The van der Waals surface area contributed by atoms with Crippen LogP contribution < -0.4 is 0 Å². The Morgan fingerprint density at radius 1 is 1.27 bits per heavy atom. The minimum atomic E-state index is -1.04. The molecule has 0 saturated heterocycles. The molecule has 0 aliphatic rings. The summed E-state index contributed by atoms with van der Waals surface area (Å²) >= 11 is 3.36. The Morgan fingerprint density at radius 2 is 2.00 bits per heavy atom. The summed E-state index contributed by atoms with van der Waals surface area (Å²) in [5.74, 6) is 0. The van der Waals surface area contributed by atoms with Crippen LogP contribution in [0.15, 0.2) is 53.3 Å². The topological polar surface area (TPSA) is 73.7 Å². The predicted octanol–water partition coefficient (Wildman–Crippen LogP) is 3.10. The maximum absolute atomic E-state index is 11.3. The Morgan fingerprint density at radius 3 is 2.59 bits per heavy atom. The van der Waals surface area contributed by atoms with Crippen molar-refractivity contribution in [1.82, 2.24) is 9.88 Å². The van der Waals surface area contributed by atoms with Crippen molar-refractivity contribution in [2.24, 2.45) is 0 Å². The van der Waals surface area contributed by atoms with Crippen molar-refractivity contribution in [3.63, 3.8) is 0 Å². The van der Waals surface area contributed by atoms with E-state index in [1.165, 1.54) is 4.90 Å². The first-order chi connectivity index (χ1) is 10.6. The highest BCUT2D eigenvalue weighted by Crippen LogP contribution is 2.14. The molecule has 2 rings (SSSR count). The molecule has 0 unspecified atom stereocenters. The third kappa shape index (κ3) is 4.82. The number of pyridine rings is 1. The molecule has 22 heavy (non-hydrogen) atoms. The normalized spacial score (nSPS) is 11.9. The first-order valence-corrected chi connectivity index (χ1v) is 7.66. The van der Waals surface area contributed by atoms with Crippen molar-refractivity contribution in [3.8, 4) is 0 Å². The van der Waals surface area contributed by atoms with Crippen molar-refractivity contribution in [3.05, 3.63) is 64.4 Å². The molecule has 5 nitrogen and oxygen atoms in total. The Kier molecular flexibility index (Phi) is 5.91. The maximum Gasteiger partial charge on any atom is 0.407 e. The van der Waals surface area contributed by atoms with Crippen molar-refractivity contribution in [2.75, 3.05) is 13.1 Å². The number of nitrogens with zero attached hydrogens (tertiary/aromatic N) is 2. The monoisotopic (exact) mass is 364 g/mol. The summed E-state index contributed by atoms with van der Waals surface area (Å²) in [4.78, 5) is 16.5. The van der Waals surface area contributed by atoms with E-state index in [0.29, 0.717) is 18.5 Å². The van der Waals surface area contributed by atoms with Crippen LogP contribution in [0.4, 0.5) is 4.79 Å². The molecule has 6 heteroatoms. The number of rotatable bonds is 6. The van der Waals surface area contributed by atoms with Crippen LogP contribution in [0.2, 0.25) is 0 Å².